The van der Waals surface area contributed by atoms with Gasteiger partial charge in [-0.3, -0.25) is 9.48 Å². The van der Waals surface area contributed by atoms with E-state index in [1.54, 1.807) is 7.05 Å². The summed E-state index contributed by atoms with van der Waals surface area (Å²) in [5, 5.41) is 7.09. The van der Waals surface area contributed by atoms with Gasteiger partial charge in [0.25, 0.3) is 5.91 Å². The molecule has 5 heteroatoms. The molecule has 1 amide bonds. The maximum atomic E-state index is 12.2. The maximum absolute atomic E-state index is 12.2. The second-order valence-corrected chi connectivity index (χ2v) is 5.55. The van der Waals surface area contributed by atoms with Crippen LogP contribution in [0.5, 0.6) is 0 Å². The van der Waals surface area contributed by atoms with E-state index in [1.807, 2.05) is 0 Å². The van der Waals surface area contributed by atoms with E-state index in [0.29, 0.717) is 17.3 Å². The highest BCUT2D eigenvalue weighted by molar-refractivity contribution is 5.97. The van der Waals surface area contributed by atoms with E-state index >= 15 is 0 Å². The molecule has 3 N–H and O–H groups in total. The van der Waals surface area contributed by atoms with Gasteiger partial charge >= 0.3 is 0 Å². The first-order valence-electron chi connectivity index (χ1n) is 6.57. The van der Waals surface area contributed by atoms with E-state index in [-0.39, 0.29) is 11.9 Å². The van der Waals surface area contributed by atoms with Crippen molar-refractivity contribution in [1.82, 2.24) is 15.1 Å². The largest absolute Gasteiger partial charge is 0.396 e. The predicted molar refractivity (Wildman–Crippen MR) is 71.1 cm³/mol. The number of carbonyl (C=O) groups is 1. The SMILES string of the molecule is CC1CCC(NC(=O)c2c(N)cnn2C)C(C)C1. The molecule has 18 heavy (non-hydrogen) atoms. The van der Waals surface area contributed by atoms with Gasteiger partial charge in [-0.05, 0) is 31.1 Å². The number of carbonyl (C=O) groups excluding carboxylic acids is 1. The molecule has 0 radical (unpaired) electrons. The summed E-state index contributed by atoms with van der Waals surface area (Å²) in [4.78, 5) is 12.2. The summed E-state index contributed by atoms with van der Waals surface area (Å²) in [6.07, 6.45) is 4.91. The summed E-state index contributed by atoms with van der Waals surface area (Å²) in [7, 11) is 1.73. The van der Waals surface area contributed by atoms with Gasteiger partial charge in [0.05, 0.1) is 11.9 Å². The fourth-order valence-electron chi connectivity index (χ4n) is 2.85. The van der Waals surface area contributed by atoms with Crippen molar-refractivity contribution in [1.29, 1.82) is 0 Å². The molecule has 1 fully saturated rings. The molecule has 1 aliphatic carbocycles. The van der Waals surface area contributed by atoms with E-state index < -0.39 is 0 Å². The number of aromatic nitrogens is 2. The van der Waals surface area contributed by atoms with Gasteiger partial charge in [0.1, 0.15) is 5.69 Å². The molecule has 100 valence electrons. The molecule has 2 rings (SSSR count). The molecule has 0 aromatic carbocycles. The molecule has 0 spiro atoms. The molecule has 1 saturated carbocycles. The molecular formula is C13H22N4O. The number of hydrogen-bond donors (Lipinski definition) is 2. The van der Waals surface area contributed by atoms with Crippen LogP contribution in [0.4, 0.5) is 5.69 Å². The second kappa shape index (κ2) is 5.00. The molecule has 0 aliphatic heterocycles. The van der Waals surface area contributed by atoms with Crippen LogP contribution < -0.4 is 11.1 Å². The molecule has 3 unspecified atom stereocenters. The Balaban J connectivity index is 2.04. The number of nitrogens with two attached hydrogens (primary N) is 1. The van der Waals surface area contributed by atoms with E-state index in [2.05, 4.69) is 24.3 Å². The Morgan fingerprint density at radius 1 is 1.50 bits per heavy atom. The minimum Gasteiger partial charge on any atom is -0.396 e. The smallest absolute Gasteiger partial charge is 0.271 e. The summed E-state index contributed by atoms with van der Waals surface area (Å²) in [6.45, 7) is 4.47. The van der Waals surface area contributed by atoms with Crippen LogP contribution in [0.15, 0.2) is 6.20 Å². The van der Waals surface area contributed by atoms with Gasteiger partial charge in [-0.2, -0.15) is 5.10 Å². The molecule has 1 aromatic heterocycles. The van der Waals surface area contributed by atoms with Gasteiger partial charge in [-0.15, -0.1) is 0 Å². The Morgan fingerprint density at radius 3 is 2.78 bits per heavy atom. The van der Waals surface area contributed by atoms with Crippen LogP contribution in [0.25, 0.3) is 0 Å². The average Bonchev–Trinajstić information content (AvgIpc) is 2.62. The number of aryl methyl sites for hydroxylation is 1. The summed E-state index contributed by atoms with van der Waals surface area (Å²) < 4.78 is 1.53. The first kappa shape index (κ1) is 12.9. The minimum absolute atomic E-state index is 0.112. The Kier molecular flexibility index (Phi) is 3.59. The summed E-state index contributed by atoms with van der Waals surface area (Å²) in [5.41, 5.74) is 6.66. The molecular weight excluding hydrogens is 228 g/mol. The first-order valence-corrected chi connectivity index (χ1v) is 6.57. The lowest BCUT2D eigenvalue weighted by molar-refractivity contribution is 0.0891. The summed E-state index contributed by atoms with van der Waals surface area (Å²) >= 11 is 0. The van der Waals surface area contributed by atoms with Crippen LogP contribution in [0, 0.1) is 11.8 Å². The lowest BCUT2D eigenvalue weighted by atomic mass is 9.80. The van der Waals surface area contributed by atoms with Crippen molar-refractivity contribution in [3.8, 4) is 0 Å². The quantitative estimate of drug-likeness (QED) is 0.836. The monoisotopic (exact) mass is 250 g/mol. The third-order valence-electron chi connectivity index (χ3n) is 3.93. The van der Waals surface area contributed by atoms with Crippen LogP contribution in [-0.2, 0) is 7.05 Å². The van der Waals surface area contributed by atoms with Crippen LogP contribution in [0.1, 0.15) is 43.6 Å². The van der Waals surface area contributed by atoms with Crippen molar-refractivity contribution in [3.05, 3.63) is 11.9 Å². The average molecular weight is 250 g/mol. The van der Waals surface area contributed by atoms with Crippen LogP contribution in [-0.4, -0.2) is 21.7 Å². The van der Waals surface area contributed by atoms with E-state index in [0.717, 1.165) is 12.3 Å². The van der Waals surface area contributed by atoms with Crippen molar-refractivity contribution in [3.63, 3.8) is 0 Å². The lowest BCUT2D eigenvalue weighted by Gasteiger charge is -2.33. The predicted octanol–water partition coefficient (Wildman–Crippen LogP) is 1.56. The fraction of sp³-hybridized carbons (Fsp3) is 0.692. The number of hydrogen-bond acceptors (Lipinski definition) is 3. The van der Waals surface area contributed by atoms with Gasteiger partial charge in [-0.1, -0.05) is 13.8 Å². The normalized spacial score (nSPS) is 28.1. The fourth-order valence-corrected chi connectivity index (χ4v) is 2.85. The molecule has 5 nitrogen and oxygen atoms in total. The molecule has 1 aliphatic rings. The maximum Gasteiger partial charge on any atom is 0.271 e. The highest BCUT2D eigenvalue weighted by atomic mass is 16.2. The van der Waals surface area contributed by atoms with E-state index in [1.165, 1.54) is 23.7 Å². The van der Waals surface area contributed by atoms with Crippen molar-refractivity contribution in [2.75, 3.05) is 5.73 Å². The highest BCUT2D eigenvalue weighted by Crippen LogP contribution is 2.28. The van der Waals surface area contributed by atoms with Crippen molar-refractivity contribution in [2.45, 2.75) is 39.2 Å². The third kappa shape index (κ3) is 2.49. The Morgan fingerprint density at radius 2 is 2.22 bits per heavy atom. The highest BCUT2D eigenvalue weighted by Gasteiger charge is 2.28. The van der Waals surface area contributed by atoms with Crippen LogP contribution in [0.2, 0.25) is 0 Å². The summed E-state index contributed by atoms with van der Waals surface area (Å²) in [6, 6.07) is 0.253. The third-order valence-corrected chi connectivity index (χ3v) is 3.93. The zero-order valence-corrected chi connectivity index (χ0v) is 11.3. The lowest BCUT2D eigenvalue weighted by Crippen LogP contribution is -2.43. The van der Waals surface area contributed by atoms with Gasteiger partial charge in [0, 0.05) is 13.1 Å². The Bertz CT molecular complexity index is 421. The number of nitrogen functional groups attached to an aromatic ring is 1. The number of rotatable bonds is 2. The standard InChI is InChI=1S/C13H22N4O/c1-8-4-5-11(9(2)6-8)16-13(18)12-10(14)7-15-17(12)3/h7-9,11H,4-6,14H2,1-3H3,(H,16,18). The van der Waals surface area contributed by atoms with Crippen LogP contribution in [0.3, 0.4) is 0 Å². The van der Waals surface area contributed by atoms with Crippen molar-refractivity contribution in [2.24, 2.45) is 18.9 Å². The number of anilines is 1. The second-order valence-electron chi connectivity index (χ2n) is 5.55. The molecule has 1 heterocycles. The molecule has 1 aromatic rings. The summed E-state index contributed by atoms with van der Waals surface area (Å²) in [5.74, 6) is 1.17. The Labute approximate surface area is 108 Å². The number of nitrogens with zero attached hydrogens (tertiary/aromatic N) is 2. The number of nitrogens with one attached hydrogen (secondary N) is 1. The van der Waals surface area contributed by atoms with Gasteiger partial charge < -0.3 is 11.1 Å². The van der Waals surface area contributed by atoms with Gasteiger partial charge in [0.15, 0.2) is 0 Å². The van der Waals surface area contributed by atoms with Crippen LogP contribution >= 0.6 is 0 Å². The topological polar surface area (TPSA) is 72.9 Å². The van der Waals surface area contributed by atoms with Crippen molar-refractivity contribution < 1.29 is 4.79 Å². The zero-order chi connectivity index (χ0) is 13.3. The number of amides is 1. The van der Waals surface area contributed by atoms with Crippen molar-refractivity contribution >= 4 is 11.6 Å². The zero-order valence-electron chi connectivity index (χ0n) is 11.3. The van der Waals surface area contributed by atoms with E-state index in [4.69, 9.17) is 5.73 Å². The molecule has 3 atom stereocenters. The van der Waals surface area contributed by atoms with Gasteiger partial charge in [0.2, 0.25) is 0 Å². The first-order chi connectivity index (χ1) is 8.49. The van der Waals surface area contributed by atoms with Gasteiger partial charge in [-0.25, -0.2) is 0 Å². The van der Waals surface area contributed by atoms with E-state index in [9.17, 15) is 4.79 Å². The Hall–Kier alpha value is -1.52. The minimum atomic E-state index is -0.112. The molecule has 0 saturated heterocycles. The molecule has 0 bridgehead atoms.